The first kappa shape index (κ1) is 33.5. The minimum atomic E-state index is 0.352. The topological polar surface area (TPSA) is 21.8 Å². The van der Waals surface area contributed by atoms with Crippen molar-refractivity contribution in [3.05, 3.63) is 0 Å². The van der Waals surface area contributed by atoms with E-state index in [1.807, 2.05) is 41.5 Å². The number of nitrogens with one attached hydrogen (secondary N) is 1. The summed E-state index contributed by atoms with van der Waals surface area (Å²) in [6, 6.07) is 0. The molecule has 2 aliphatic heterocycles. The van der Waals surface area contributed by atoms with Gasteiger partial charge in [0.15, 0.2) is 0 Å². The Morgan fingerprint density at radius 3 is 1.45 bits per heavy atom. The smallest absolute Gasteiger partial charge is 0.0125 e. The second-order valence-electron chi connectivity index (χ2n) is 9.08. The molecule has 29 heavy (non-hydrogen) atoms. The molecule has 0 aromatic rings. The predicted molar refractivity (Wildman–Crippen MR) is 136 cm³/mol. The molecule has 4 nitrogen and oxygen atoms in total. The van der Waals surface area contributed by atoms with Crippen molar-refractivity contribution in [2.24, 2.45) is 0 Å². The van der Waals surface area contributed by atoms with Gasteiger partial charge in [-0.15, -0.1) is 0 Å². The van der Waals surface area contributed by atoms with Crippen molar-refractivity contribution >= 4 is 0 Å². The summed E-state index contributed by atoms with van der Waals surface area (Å²) in [6.07, 6.45) is 2.60. The van der Waals surface area contributed by atoms with E-state index >= 15 is 0 Å². The highest BCUT2D eigenvalue weighted by atomic mass is 15.2. The molecule has 0 atom stereocenters. The molecule has 1 N–H and O–H groups in total. The fourth-order valence-corrected chi connectivity index (χ4v) is 3.23. The van der Waals surface area contributed by atoms with Crippen LogP contribution in [-0.2, 0) is 0 Å². The van der Waals surface area contributed by atoms with E-state index in [4.69, 9.17) is 0 Å². The third-order valence-corrected chi connectivity index (χ3v) is 4.96. The maximum atomic E-state index is 3.41. The van der Waals surface area contributed by atoms with Crippen LogP contribution in [0.2, 0.25) is 0 Å². The van der Waals surface area contributed by atoms with Crippen LogP contribution >= 0.6 is 0 Å². The van der Waals surface area contributed by atoms with Gasteiger partial charge in [-0.25, -0.2) is 0 Å². The molecular weight excluding hydrogens is 356 g/mol. The van der Waals surface area contributed by atoms with Crippen LogP contribution in [0.15, 0.2) is 0 Å². The molecule has 2 fully saturated rings. The van der Waals surface area contributed by atoms with Crippen molar-refractivity contribution < 1.29 is 0 Å². The monoisotopic (exact) mass is 416 g/mol. The fourth-order valence-electron chi connectivity index (χ4n) is 3.23. The Labute approximate surface area is 186 Å². The molecular formula is C25H60N4. The van der Waals surface area contributed by atoms with Crippen LogP contribution in [0.1, 0.15) is 95.9 Å². The first-order valence-electron chi connectivity index (χ1n) is 12.5. The van der Waals surface area contributed by atoms with Crippen LogP contribution in [0.25, 0.3) is 0 Å². The molecule has 2 aliphatic rings. The van der Waals surface area contributed by atoms with Gasteiger partial charge in [0.05, 0.1) is 0 Å². The van der Waals surface area contributed by atoms with Gasteiger partial charge in [0, 0.05) is 37.3 Å². The average molecular weight is 417 g/mol. The van der Waals surface area contributed by atoms with Gasteiger partial charge in [0.2, 0.25) is 0 Å². The SMILES string of the molecule is CC.CC.CC.CC(C)(C)N1CCCNCC1.CN1CCCN(C(C)(C)C)CC1. The zero-order valence-electron chi connectivity index (χ0n) is 22.9. The van der Waals surface area contributed by atoms with Crippen LogP contribution in [0.5, 0.6) is 0 Å². The van der Waals surface area contributed by atoms with Crippen LogP contribution in [-0.4, -0.2) is 85.2 Å². The molecule has 0 saturated carbocycles. The van der Waals surface area contributed by atoms with E-state index in [0.29, 0.717) is 11.1 Å². The van der Waals surface area contributed by atoms with Gasteiger partial charge in [-0.3, -0.25) is 9.80 Å². The molecule has 0 bridgehead atoms. The zero-order chi connectivity index (χ0) is 23.5. The lowest BCUT2D eigenvalue weighted by molar-refractivity contribution is 0.143. The van der Waals surface area contributed by atoms with Crippen LogP contribution in [0.3, 0.4) is 0 Å². The first-order valence-corrected chi connectivity index (χ1v) is 12.5. The second-order valence-corrected chi connectivity index (χ2v) is 9.08. The van der Waals surface area contributed by atoms with E-state index in [9.17, 15) is 0 Å². The molecule has 0 amide bonds. The summed E-state index contributed by atoms with van der Waals surface area (Å²) in [5.74, 6) is 0. The molecule has 4 heteroatoms. The maximum absolute atomic E-state index is 3.41. The molecule has 2 saturated heterocycles. The average Bonchev–Trinajstić information content (AvgIpc) is 3.09. The van der Waals surface area contributed by atoms with Crippen molar-refractivity contribution in [1.82, 2.24) is 20.0 Å². The van der Waals surface area contributed by atoms with E-state index in [1.54, 1.807) is 0 Å². The van der Waals surface area contributed by atoms with Crippen LogP contribution < -0.4 is 5.32 Å². The number of likely N-dealkylation sites (N-methyl/N-ethyl adjacent to an activating group) is 1. The van der Waals surface area contributed by atoms with E-state index in [0.717, 1.165) is 6.54 Å². The first-order chi connectivity index (χ1) is 13.6. The standard InChI is InChI=1S/C10H22N2.C9H20N2.3C2H6/c1-10(2,3)12-7-5-6-11(4)8-9-12;1-9(2,3)11-7-4-5-10-6-8-11;3*1-2/h5-9H2,1-4H3;10H,4-8H2,1-3H3;3*1-2H3. The Morgan fingerprint density at radius 1 is 0.517 bits per heavy atom. The third-order valence-electron chi connectivity index (χ3n) is 4.96. The highest BCUT2D eigenvalue weighted by Crippen LogP contribution is 2.15. The Morgan fingerprint density at radius 2 is 0.966 bits per heavy atom. The lowest BCUT2D eigenvalue weighted by atomic mass is 10.1. The van der Waals surface area contributed by atoms with E-state index in [-0.39, 0.29) is 0 Å². The van der Waals surface area contributed by atoms with E-state index in [1.165, 1.54) is 58.7 Å². The highest BCUT2D eigenvalue weighted by Gasteiger charge is 2.23. The Balaban J connectivity index is -0.000000371. The molecule has 2 heterocycles. The summed E-state index contributed by atoms with van der Waals surface area (Å²) < 4.78 is 0. The Kier molecular flexibility index (Phi) is 22.8. The molecule has 0 aromatic carbocycles. The van der Waals surface area contributed by atoms with Crippen molar-refractivity contribution in [2.75, 3.05) is 59.4 Å². The maximum Gasteiger partial charge on any atom is 0.0125 e. The lowest BCUT2D eigenvalue weighted by Gasteiger charge is -2.34. The molecule has 0 spiro atoms. The van der Waals surface area contributed by atoms with Crippen molar-refractivity contribution in [3.63, 3.8) is 0 Å². The number of rotatable bonds is 0. The number of hydrogen-bond acceptors (Lipinski definition) is 4. The minimum absolute atomic E-state index is 0.352. The Hall–Kier alpha value is -0.160. The zero-order valence-corrected chi connectivity index (χ0v) is 22.9. The second kappa shape index (κ2) is 19.8. The normalized spacial score (nSPS) is 19.3. The van der Waals surface area contributed by atoms with Gasteiger partial charge in [-0.2, -0.15) is 0 Å². The molecule has 0 aromatic heterocycles. The van der Waals surface area contributed by atoms with E-state index in [2.05, 4.69) is 68.6 Å². The third kappa shape index (κ3) is 18.3. The quantitative estimate of drug-likeness (QED) is 0.556. The van der Waals surface area contributed by atoms with Gasteiger partial charge < -0.3 is 10.2 Å². The largest absolute Gasteiger partial charge is 0.315 e. The molecule has 2 rings (SSSR count). The van der Waals surface area contributed by atoms with E-state index < -0.39 is 0 Å². The molecule has 0 radical (unpaired) electrons. The molecule has 0 aliphatic carbocycles. The summed E-state index contributed by atoms with van der Waals surface area (Å²) in [7, 11) is 2.21. The van der Waals surface area contributed by atoms with Crippen molar-refractivity contribution in [3.8, 4) is 0 Å². The van der Waals surface area contributed by atoms with Crippen molar-refractivity contribution in [2.45, 2.75) is 107 Å². The highest BCUT2D eigenvalue weighted by molar-refractivity contribution is 4.79. The van der Waals surface area contributed by atoms with Gasteiger partial charge in [0.25, 0.3) is 0 Å². The summed E-state index contributed by atoms with van der Waals surface area (Å²) >= 11 is 0. The summed E-state index contributed by atoms with van der Waals surface area (Å²) in [4.78, 5) is 7.55. The van der Waals surface area contributed by atoms with Crippen molar-refractivity contribution in [1.29, 1.82) is 0 Å². The summed E-state index contributed by atoms with van der Waals surface area (Å²) in [6.45, 7) is 35.5. The number of hydrogen-bond donors (Lipinski definition) is 1. The number of nitrogens with zero attached hydrogens (tertiary/aromatic N) is 3. The molecule has 180 valence electrons. The van der Waals surface area contributed by atoms with Crippen LogP contribution in [0.4, 0.5) is 0 Å². The van der Waals surface area contributed by atoms with Crippen LogP contribution in [0, 0.1) is 0 Å². The fraction of sp³-hybridized carbons (Fsp3) is 1.00. The summed E-state index contributed by atoms with van der Waals surface area (Å²) in [5, 5.41) is 3.41. The van der Waals surface area contributed by atoms with Gasteiger partial charge >= 0.3 is 0 Å². The van der Waals surface area contributed by atoms with Gasteiger partial charge in [0.1, 0.15) is 0 Å². The van der Waals surface area contributed by atoms with Gasteiger partial charge in [-0.1, -0.05) is 41.5 Å². The predicted octanol–water partition coefficient (Wildman–Crippen LogP) is 5.58. The van der Waals surface area contributed by atoms with Gasteiger partial charge in [-0.05, 0) is 87.6 Å². The molecule has 0 unspecified atom stereocenters. The Bertz CT molecular complexity index is 310. The summed E-state index contributed by atoms with van der Waals surface area (Å²) in [5.41, 5.74) is 0.706. The minimum Gasteiger partial charge on any atom is -0.315 e. The lowest BCUT2D eigenvalue weighted by Crippen LogP contribution is -2.43.